The number of hydrogen-bond acceptors (Lipinski definition) is 3. The molecule has 7 heavy (non-hydrogen) atoms. The second kappa shape index (κ2) is 3.27. The third-order valence-corrected chi connectivity index (χ3v) is 0.379. The SMILES string of the molecule is N#CP(=O)([O-])O.[Li+]. The standard InChI is InChI=1S/CH2NO3P.Li/c2-1-6(3,4)5;/h(H2,3,4,5);/q;+1/p-1. The van der Waals surface area contributed by atoms with Gasteiger partial charge in [-0.25, -0.2) is 0 Å². The van der Waals surface area contributed by atoms with Gasteiger partial charge < -0.3 is 9.79 Å². The van der Waals surface area contributed by atoms with Crippen LogP contribution >= 0.6 is 7.60 Å². The summed E-state index contributed by atoms with van der Waals surface area (Å²) in [4.78, 5) is 16.7. The Morgan fingerprint density at radius 3 is 2.00 bits per heavy atom. The van der Waals surface area contributed by atoms with Crippen molar-refractivity contribution in [3.8, 4) is 5.81 Å². The van der Waals surface area contributed by atoms with Gasteiger partial charge in [-0.3, -0.25) is 4.57 Å². The van der Waals surface area contributed by atoms with Crippen LogP contribution in [0.1, 0.15) is 0 Å². The fourth-order valence-corrected chi connectivity index (χ4v) is 0. The van der Waals surface area contributed by atoms with Crippen LogP contribution in [0.3, 0.4) is 0 Å². The fourth-order valence-electron chi connectivity index (χ4n) is 0. The van der Waals surface area contributed by atoms with Crippen LogP contribution in [0.5, 0.6) is 0 Å². The normalized spacial score (nSPS) is 15.6. The van der Waals surface area contributed by atoms with Crippen molar-refractivity contribution in [3.63, 3.8) is 0 Å². The van der Waals surface area contributed by atoms with Crippen LogP contribution in [-0.2, 0) is 4.57 Å². The Morgan fingerprint density at radius 1 is 1.86 bits per heavy atom. The van der Waals surface area contributed by atoms with Crippen molar-refractivity contribution in [2.24, 2.45) is 0 Å². The summed E-state index contributed by atoms with van der Waals surface area (Å²) < 4.78 is 9.22. The average Bonchev–Trinajstić information content (AvgIpc) is 1.35. The Morgan fingerprint density at radius 2 is 2.00 bits per heavy atom. The molecule has 0 aromatic carbocycles. The summed E-state index contributed by atoms with van der Waals surface area (Å²) in [5.41, 5.74) is 0. The number of rotatable bonds is 0. The molecular formula is CHLiNO3P. The molecule has 34 valence electrons. The van der Waals surface area contributed by atoms with Crippen LogP contribution in [0.25, 0.3) is 0 Å². The Labute approximate surface area is 52.5 Å². The van der Waals surface area contributed by atoms with Gasteiger partial charge in [0.05, 0.1) is 0 Å². The first-order valence-corrected chi connectivity index (χ1v) is 2.59. The molecule has 0 radical (unpaired) electrons. The molecule has 0 aliphatic carbocycles. The predicted molar refractivity (Wildman–Crippen MR) is 15.4 cm³/mol. The summed E-state index contributed by atoms with van der Waals surface area (Å²) in [7, 11) is -4.59. The molecule has 0 fully saturated rings. The summed E-state index contributed by atoms with van der Waals surface area (Å²) in [5, 5.41) is 7.33. The van der Waals surface area contributed by atoms with E-state index in [0.29, 0.717) is 5.81 Å². The summed E-state index contributed by atoms with van der Waals surface area (Å²) in [6, 6.07) is 0. The second-order valence-electron chi connectivity index (χ2n) is 0.620. The molecule has 0 aliphatic heterocycles. The monoisotopic (exact) mass is 113 g/mol. The van der Waals surface area contributed by atoms with E-state index in [1.807, 2.05) is 0 Å². The van der Waals surface area contributed by atoms with Gasteiger partial charge >= 0.3 is 18.9 Å². The van der Waals surface area contributed by atoms with Gasteiger partial charge in [0.2, 0.25) is 7.60 Å². The number of nitrogens with zero attached hydrogens (tertiary/aromatic N) is 1. The quantitative estimate of drug-likeness (QED) is 0.256. The minimum atomic E-state index is -4.59. The van der Waals surface area contributed by atoms with E-state index in [2.05, 4.69) is 0 Å². The van der Waals surface area contributed by atoms with Crippen molar-refractivity contribution in [1.29, 1.82) is 5.26 Å². The van der Waals surface area contributed by atoms with Crippen molar-refractivity contribution < 1.29 is 33.2 Å². The Kier molecular flexibility index (Phi) is 4.79. The molecule has 0 aliphatic rings. The molecule has 4 nitrogen and oxygen atoms in total. The Balaban J connectivity index is 0. The van der Waals surface area contributed by atoms with E-state index in [1.54, 1.807) is 0 Å². The first-order chi connectivity index (χ1) is 2.56. The first kappa shape index (κ1) is 10.3. The van der Waals surface area contributed by atoms with Gasteiger partial charge in [0.15, 0.2) is 0 Å². The van der Waals surface area contributed by atoms with Crippen LogP contribution in [0, 0.1) is 11.1 Å². The summed E-state index contributed by atoms with van der Waals surface area (Å²) >= 11 is 0. The minimum Gasteiger partial charge on any atom is -0.767 e. The predicted octanol–water partition coefficient (Wildman–Crippen LogP) is -3.98. The third-order valence-electron chi connectivity index (χ3n) is 0.126. The van der Waals surface area contributed by atoms with E-state index >= 15 is 0 Å². The van der Waals surface area contributed by atoms with Crippen LogP contribution in [0.4, 0.5) is 0 Å². The van der Waals surface area contributed by atoms with Crippen molar-refractivity contribution >= 4 is 7.60 Å². The minimum absolute atomic E-state index is 0. The largest absolute Gasteiger partial charge is 1.00 e. The van der Waals surface area contributed by atoms with E-state index in [-0.39, 0.29) is 18.9 Å². The molecule has 0 saturated carbocycles. The first-order valence-electron chi connectivity index (χ1n) is 1.01. The zero-order chi connectivity index (χ0) is 5.21. The molecule has 1 unspecified atom stereocenters. The van der Waals surface area contributed by atoms with E-state index in [9.17, 15) is 9.46 Å². The van der Waals surface area contributed by atoms with Crippen molar-refractivity contribution in [3.05, 3.63) is 0 Å². The van der Waals surface area contributed by atoms with Crippen LogP contribution in [-0.4, -0.2) is 4.89 Å². The molecule has 0 amide bonds. The molecule has 0 aromatic rings. The molecule has 6 heteroatoms. The fraction of sp³-hybridized carbons (Fsp3) is 0. The maximum absolute atomic E-state index is 9.22. The van der Waals surface area contributed by atoms with E-state index in [0.717, 1.165) is 0 Å². The second-order valence-corrected chi connectivity index (χ2v) is 1.86. The summed E-state index contributed by atoms with van der Waals surface area (Å²) in [6.07, 6.45) is 0. The molecule has 0 spiro atoms. The molecule has 1 N–H and O–H groups in total. The zero-order valence-corrected chi connectivity index (χ0v) is 4.55. The van der Waals surface area contributed by atoms with Crippen molar-refractivity contribution in [2.45, 2.75) is 0 Å². The molecule has 0 bridgehead atoms. The molecule has 0 heterocycles. The topological polar surface area (TPSA) is 84.2 Å². The van der Waals surface area contributed by atoms with Crippen LogP contribution in [0.2, 0.25) is 0 Å². The van der Waals surface area contributed by atoms with Gasteiger partial charge in [0.1, 0.15) is 5.81 Å². The van der Waals surface area contributed by atoms with Gasteiger partial charge in [-0.15, -0.1) is 0 Å². The maximum Gasteiger partial charge on any atom is 1.00 e. The molecule has 0 aromatic heterocycles. The van der Waals surface area contributed by atoms with Crippen molar-refractivity contribution in [1.82, 2.24) is 0 Å². The third kappa shape index (κ3) is 10.7. The summed E-state index contributed by atoms with van der Waals surface area (Å²) in [5.74, 6) is 0.660. The zero-order valence-electron chi connectivity index (χ0n) is 3.66. The molecule has 0 saturated heterocycles. The van der Waals surface area contributed by atoms with Gasteiger partial charge in [0.25, 0.3) is 0 Å². The molecular weight excluding hydrogens is 112 g/mol. The number of hydrogen-bond donors (Lipinski definition) is 1. The maximum atomic E-state index is 9.22. The molecule has 1 atom stereocenters. The van der Waals surface area contributed by atoms with E-state index in [1.165, 1.54) is 0 Å². The van der Waals surface area contributed by atoms with Gasteiger partial charge in [-0.1, -0.05) is 0 Å². The molecule has 0 rings (SSSR count). The van der Waals surface area contributed by atoms with Gasteiger partial charge in [-0.2, -0.15) is 5.26 Å². The van der Waals surface area contributed by atoms with Crippen LogP contribution < -0.4 is 23.8 Å². The van der Waals surface area contributed by atoms with E-state index < -0.39 is 7.60 Å². The summed E-state index contributed by atoms with van der Waals surface area (Å²) in [6.45, 7) is 0. The smallest absolute Gasteiger partial charge is 0.767 e. The van der Waals surface area contributed by atoms with E-state index in [4.69, 9.17) is 10.2 Å². The van der Waals surface area contributed by atoms with Crippen LogP contribution in [0.15, 0.2) is 0 Å². The Bertz CT molecular complexity index is 121. The Hall–Kier alpha value is 0.237. The van der Waals surface area contributed by atoms with Gasteiger partial charge in [-0.05, 0) is 0 Å². The van der Waals surface area contributed by atoms with Crippen molar-refractivity contribution in [2.75, 3.05) is 0 Å². The van der Waals surface area contributed by atoms with Gasteiger partial charge in [0, 0.05) is 0 Å². The average molecular weight is 113 g/mol. The number of nitriles is 1.